The lowest BCUT2D eigenvalue weighted by atomic mass is 10.0. The molecular weight excluding hydrogens is 535 g/mol. The molecule has 2 aliphatic heterocycles. The summed E-state index contributed by atoms with van der Waals surface area (Å²) in [6.45, 7) is 0.618. The summed E-state index contributed by atoms with van der Waals surface area (Å²) >= 11 is 0. The zero-order valence-corrected chi connectivity index (χ0v) is 21.8. The average molecular weight is 562 g/mol. The molecule has 9 nitrogen and oxygen atoms in total. The molecule has 206 valence electrons. The number of rotatable bonds is 5. The van der Waals surface area contributed by atoms with E-state index in [1.165, 1.54) is 30.1 Å². The third-order valence-corrected chi connectivity index (χ3v) is 8.69. The third kappa shape index (κ3) is 5.55. The molecule has 0 radical (unpaired) electrons. The van der Waals surface area contributed by atoms with Gasteiger partial charge in [0, 0.05) is 37.8 Å². The topological polar surface area (TPSA) is 105 Å². The van der Waals surface area contributed by atoms with Crippen molar-refractivity contribution in [2.24, 2.45) is 0 Å². The zero-order chi connectivity index (χ0) is 27.9. The highest BCUT2D eigenvalue weighted by molar-refractivity contribution is 7.89. The fourth-order valence-corrected chi connectivity index (χ4v) is 5.92. The predicted octanol–water partition coefficient (Wildman–Crippen LogP) is 3.51. The first-order valence-electron chi connectivity index (χ1n) is 12.3. The second kappa shape index (κ2) is 10.1. The fourth-order valence-electron chi connectivity index (χ4n) is 4.75. The van der Waals surface area contributed by atoms with Crippen molar-refractivity contribution in [2.45, 2.75) is 43.4 Å². The van der Waals surface area contributed by atoms with Crippen molar-refractivity contribution < 1.29 is 31.2 Å². The van der Waals surface area contributed by atoms with Crippen LogP contribution in [0, 0.1) is 0 Å². The second-order valence-electron chi connectivity index (χ2n) is 9.62. The Hall–Kier alpha value is -3.71. The summed E-state index contributed by atoms with van der Waals surface area (Å²) in [5.74, 6) is -0.525. The SMILES string of the molecule is CN(CC(=O)N1CCCn2nc(-c3cccc(C(F)(F)F)c3)cc2C1)S(=O)(=O)c1ccc2c(c1)CCC(=O)N2. The van der Waals surface area contributed by atoms with Crippen molar-refractivity contribution in [2.75, 3.05) is 25.5 Å². The number of amides is 2. The summed E-state index contributed by atoms with van der Waals surface area (Å²) in [7, 11) is -2.64. The van der Waals surface area contributed by atoms with Gasteiger partial charge in [0.15, 0.2) is 0 Å². The van der Waals surface area contributed by atoms with E-state index in [4.69, 9.17) is 0 Å². The van der Waals surface area contributed by atoms with Gasteiger partial charge in [0.05, 0.1) is 34.9 Å². The van der Waals surface area contributed by atoms with Gasteiger partial charge in [-0.2, -0.15) is 22.6 Å². The summed E-state index contributed by atoms with van der Waals surface area (Å²) in [5, 5.41) is 7.17. The number of likely N-dealkylation sites (N-methyl/N-ethyl adjacent to an activating group) is 1. The van der Waals surface area contributed by atoms with Crippen molar-refractivity contribution in [1.29, 1.82) is 0 Å². The highest BCUT2D eigenvalue weighted by Gasteiger charge is 2.31. The van der Waals surface area contributed by atoms with Crippen LogP contribution in [0.1, 0.15) is 29.7 Å². The monoisotopic (exact) mass is 561 g/mol. The molecule has 0 atom stereocenters. The number of sulfonamides is 1. The maximum atomic E-state index is 13.2. The number of alkyl halides is 3. The van der Waals surface area contributed by atoms with E-state index in [2.05, 4.69) is 10.4 Å². The standard InChI is InChI=1S/C26H26F3N5O4S/c1-32(39(37,38)21-7-8-22-18(13-21)6-9-24(35)30-22)16-25(36)33-10-3-11-34-20(15-33)14-23(31-34)17-4-2-5-19(12-17)26(27,28)29/h2,4-5,7-8,12-14H,3,6,9-11,15-16H2,1H3,(H,30,35). The first-order valence-corrected chi connectivity index (χ1v) is 13.8. The van der Waals surface area contributed by atoms with Crippen molar-refractivity contribution in [3.8, 4) is 11.3 Å². The maximum absolute atomic E-state index is 13.2. The highest BCUT2D eigenvalue weighted by Crippen LogP contribution is 2.32. The first kappa shape index (κ1) is 26.9. The third-order valence-electron chi connectivity index (χ3n) is 6.89. The van der Waals surface area contributed by atoms with Crippen LogP contribution in [0.2, 0.25) is 0 Å². The van der Waals surface area contributed by atoms with Gasteiger partial charge >= 0.3 is 6.18 Å². The van der Waals surface area contributed by atoms with Crippen LogP contribution in [0.25, 0.3) is 11.3 Å². The van der Waals surface area contributed by atoms with E-state index in [1.807, 2.05) is 0 Å². The quantitative estimate of drug-likeness (QED) is 0.514. The van der Waals surface area contributed by atoms with E-state index >= 15 is 0 Å². The van der Waals surface area contributed by atoms with Crippen LogP contribution in [0.4, 0.5) is 18.9 Å². The molecule has 1 aromatic heterocycles. The molecule has 3 heterocycles. The zero-order valence-electron chi connectivity index (χ0n) is 21.0. The Kier molecular flexibility index (Phi) is 6.97. The Morgan fingerprint density at radius 1 is 1.10 bits per heavy atom. The number of aryl methyl sites for hydroxylation is 2. The Morgan fingerprint density at radius 2 is 1.90 bits per heavy atom. The summed E-state index contributed by atoms with van der Waals surface area (Å²) in [5.41, 5.74) is 1.86. The summed E-state index contributed by atoms with van der Waals surface area (Å²) in [4.78, 5) is 26.3. The normalized spacial score (nSPS) is 15.9. The largest absolute Gasteiger partial charge is 0.416 e. The number of fused-ring (bicyclic) bond motifs is 2. The van der Waals surface area contributed by atoms with E-state index in [0.717, 1.165) is 16.4 Å². The van der Waals surface area contributed by atoms with E-state index < -0.39 is 27.7 Å². The van der Waals surface area contributed by atoms with Crippen molar-refractivity contribution in [3.63, 3.8) is 0 Å². The number of aromatic nitrogens is 2. The van der Waals surface area contributed by atoms with E-state index in [1.54, 1.807) is 22.9 Å². The van der Waals surface area contributed by atoms with Gasteiger partial charge in [0.2, 0.25) is 21.8 Å². The van der Waals surface area contributed by atoms with Crippen LogP contribution >= 0.6 is 0 Å². The predicted molar refractivity (Wildman–Crippen MR) is 136 cm³/mol. The molecule has 2 aliphatic rings. The number of benzene rings is 2. The van der Waals surface area contributed by atoms with Gasteiger partial charge in [-0.1, -0.05) is 12.1 Å². The molecular formula is C26H26F3N5O4S. The van der Waals surface area contributed by atoms with Gasteiger partial charge in [-0.15, -0.1) is 0 Å². The molecule has 1 N–H and O–H groups in total. The van der Waals surface area contributed by atoms with Crippen LogP contribution in [0.15, 0.2) is 53.4 Å². The van der Waals surface area contributed by atoms with E-state index in [-0.39, 0.29) is 30.3 Å². The fraction of sp³-hybridized carbons (Fsp3) is 0.346. The Labute approximate surface area is 223 Å². The lowest BCUT2D eigenvalue weighted by Crippen LogP contribution is -2.41. The molecule has 0 spiro atoms. The van der Waals surface area contributed by atoms with Crippen LogP contribution < -0.4 is 5.32 Å². The van der Waals surface area contributed by atoms with Crippen LogP contribution in [0.5, 0.6) is 0 Å². The van der Waals surface area contributed by atoms with Crippen LogP contribution in [-0.4, -0.2) is 59.4 Å². The summed E-state index contributed by atoms with van der Waals surface area (Å²) in [6.07, 6.45) is -3.23. The lowest BCUT2D eigenvalue weighted by molar-refractivity contribution is -0.137. The first-order chi connectivity index (χ1) is 18.4. The number of carbonyl (C=O) groups excluding carboxylic acids is 2. The van der Waals surface area contributed by atoms with Crippen molar-refractivity contribution in [1.82, 2.24) is 19.0 Å². The number of nitrogens with zero attached hydrogens (tertiary/aromatic N) is 4. The van der Waals surface area contributed by atoms with Gasteiger partial charge in [-0.05, 0) is 54.8 Å². The van der Waals surface area contributed by atoms with Gasteiger partial charge in [-0.3, -0.25) is 14.3 Å². The van der Waals surface area contributed by atoms with Crippen LogP contribution in [0.3, 0.4) is 0 Å². The minimum atomic E-state index is -4.47. The number of nitrogens with one attached hydrogen (secondary N) is 1. The summed E-state index contributed by atoms with van der Waals surface area (Å²) < 4.78 is 68.5. The molecule has 0 saturated carbocycles. The number of anilines is 1. The molecule has 13 heteroatoms. The van der Waals surface area contributed by atoms with E-state index in [0.29, 0.717) is 54.1 Å². The molecule has 3 aromatic rings. The smallest absolute Gasteiger partial charge is 0.336 e. The summed E-state index contributed by atoms with van der Waals surface area (Å²) in [6, 6.07) is 11.0. The second-order valence-corrected chi connectivity index (χ2v) is 11.7. The Balaban J connectivity index is 1.30. The lowest BCUT2D eigenvalue weighted by Gasteiger charge is -2.24. The number of carbonyl (C=O) groups is 2. The van der Waals surface area contributed by atoms with Crippen molar-refractivity contribution >= 4 is 27.5 Å². The molecule has 2 amide bonds. The molecule has 0 aliphatic carbocycles. The van der Waals surface area contributed by atoms with Gasteiger partial charge in [0.1, 0.15) is 0 Å². The minimum Gasteiger partial charge on any atom is -0.336 e. The average Bonchev–Trinajstić information content (AvgIpc) is 3.19. The highest BCUT2D eigenvalue weighted by atomic mass is 32.2. The van der Waals surface area contributed by atoms with Crippen LogP contribution in [-0.2, 0) is 45.3 Å². The number of hydrogen-bond donors (Lipinski definition) is 1. The van der Waals surface area contributed by atoms with E-state index in [9.17, 15) is 31.2 Å². The molecule has 5 rings (SSSR count). The number of halogens is 3. The maximum Gasteiger partial charge on any atom is 0.416 e. The van der Waals surface area contributed by atoms with Crippen molar-refractivity contribution in [3.05, 3.63) is 65.4 Å². The molecule has 0 bridgehead atoms. The Morgan fingerprint density at radius 3 is 2.67 bits per heavy atom. The molecule has 0 unspecified atom stereocenters. The molecule has 2 aromatic carbocycles. The molecule has 0 saturated heterocycles. The number of hydrogen-bond acceptors (Lipinski definition) is 5. The van der Waals surface area contributed by atoms with Gasteiger partial charge < -0.3 is 10.2 Å². The van der Waals surface area contributed by atoms with Gasteiger partial charge in [0.25, 0.3) is 0 Å². The Bertz CT molecular complexity index is 1550. The molecule has 0 fully saturated rings. The van der Waals surface area contributed by atoms with Gasteiger partial charge in [-0.25, -0.2) is 8.42 Å². The molecule has 39 heavy (non-hydrogen) atoms. The minimum absolute atomic E-state index is 0.0346.